The van der Waals surface area contributed by atoms with E-state index < -0.39 is 11.8 Å². The molecule has 3 unspecified atom stereocenters. The van der Waals surface area contributed by atoms with E-state index in [1.165, 1.54) is 0 Å². The van der Waals surface area contributed by atoms with Crippen molar-refractivity contribution in [1.29, 1.82) is 0 Å². The van der Waals surface area contributed by atoms with Gasteiger partial charge in [0.2, 0.25) is 11.8 Å². The molecule has 1 aliphatic heterocycles. The number of nitrogens with one attached hydrogen (secondary N) is 1. The zero-order chi connectivity index (χ0) is 19.1. The molecule has 2 heterocycles. The number of aldehydes is 1. The Labute approximate surface area is 161 Å². The molecule has 0 saturated carbocycles. The van der Waals surface area contributed by atoms with Crippen molar-refractivity contribution in [2.45, 2.75) is 24.8 Å². The first kappa shape index (κ1) is 17.9. The predicted octanol–water partition coefficient (Wildman–Crippen LogP) is 2.30. The molecule has 1 aromatic heterocycles. The third-order valence-electron chi connectivity index (χ3n) is 5.59. The minimum atomic E-state index is -0.606. The van der Waals surface area contributed by atoms with Crippen LogP contribution in [0.25, 0.3) is 0 Å². The van der Waals surface area contributed by atoms with E-state index in [1.54, 1.807) is 19.2 Å². The van der Waals surface area contributed by atoms with Gasteiger partial charge in [0.05, 0.1) is 24.1 Å². The number of aromatic nitrogens is 1. The fraction of sp³-hybridized carbons (Fsp3) is 0.350. The van der Waals surface area contributed by atoms with Gasteiger partial charge in [-0.3, -0.25) is 19.7 Å². The van der Waals surface area contributed by atoms with Crippen molar-refractivity contribution in [1.82, 2.24) is 9.88 Å². The minimum absolute atomic E-state index is 0.238. The fourth-order valence-electron chi connectivity index (χ4n) is 4.43. The van der Waals surface area contributed by atoms with E-state index in [1.807, 2.05) is 22.8 Å². The molecule has 1 aliphatic carbocycles. The van der Waals surface area contributed by atoms with E-state index in [-0.39, 0.29) is 17.7 Å². The highest BCUT2D eigenvalue weighted by Gasteiger charge is 2.52. The maximum atomic E-state index is 12.6. The number of nitrogens with zero attached hydrogens (tertiary/aromatic N) is 1. The maximum absolute atomic E-state index is 12.6. The van der Waals surface area contributed by atoms with Crippen molar-refractivity contribution < 1.29 is 19.1 Å². The quantitative estimate of drug-likeness (QED) is 0.631. The zero-order valence-electron chi connectivity index (χ0n) is 14.8. The molecule has 6 nitrogen and oxygen atoms in total. The zero-order valence-corrected chi connectivity index (χ0v) is 15.5. The van der Waals surface area contributed by atoms with E-state index in [2.05, 4.69) is 5.32 Å². The molecule has 0 radical (unpaired) electrons. The summed E-state index contributed by atoms with van der Waals surface area (Å²) in [4.78, 5) is 36.8. The van der Waals surface area contributed by atoms with Gasteiger partial charge in [-0.1, -0.05) is 29.8 Å². The van der Waals surface area contributed by atoms with E-state index in [0.29, 0.717) is 30.3 Å². The Bertz CT molecular complexity index is 936. The fourth-order valence-corrected chi connectivity index (χ4v) is 4.71. The van der Waals surface area contributed by atoms with Crippen LogP contribution < -0.4 is 5.32 Å². The number of hydrogen-bond donors (Lipinski definition) is 1. The van der Waals surface area contributed by atoms with Crippen molar-refractivity contribution in [3.05, 3.63) is 57.9 Å². The van der Waals surface area contributed by atoms with Gasteiger partial charge >= 0.3 is 0 Å². The summed E-state index contributed by atoms with van der Waals surface area (Å²) < 4.78 is 7.06. The van der Waals surface area contributed by atoms with E-state index in [9.17, 15) is 14.4 Å². The third-order valence-corrected chi connectivity index (χ3v) is 5.94. The highest BCUT2D eigenvalue weighted by Crippen LogP contribution is 2.49. The standard InChI is InChI=1S/C20H19ClN2O4/c1-27-7-6-23-11(10-24)8-14-16(23)9-13(12-4-2-3-5-15(12)21)17-18(14)20(26)22-19(17)25/h2-5,8,10,13,17-18H,6-7,9H2,1H3,(H,22,25,26). The smallest absolute Gasteiger partial charge is 0.235 e. The van der Waals surface area contributed by atoms with E-state index in [0.717, 1.165) is 23.1 Å². The van der Waals surface area contributed by atoms with Crippen molar-refractivity contribution in [2.75, 3.05) is 13.7 Å². The van der Waals surface area contributed by atoms with Gasteiger partial charge in [-0.05, 0) is 29.7 Å². The Morgan fingerprint density at radius 1 is 1.26 bits per heavy atom. The monoisotopic (exact) mass is 386 g/mol. The lowest BCUT2D eigenvalue weighted by molar-refractivity contribution is -0.126. The molecule has 2 amide bonds. The second kappa shape index (κ2) is 6.94. The first-order valence-corrected chi connectivity index (χ1v) is 9.20. The van der Waals surface area contributed by atoms with Gasteiger partial charge in [-0.2, -0.15) is 0 Å². The summed E-state index contributed by atoms with van der Waals surface area (Å²) in [6.45, 7) is 0.944. The van der Waals surface area contributed by atoms with Crippen molar-refractivity contribution in [3.8, 4) is 0 Å². The third kappa shape index (κ3) is 2.80. The summed E-state index contributed by atoms with van der Waals surface area (Å²) in [7, 11) is 1.60. The highest BCUT2D eigenvalue weighted by atomic mass is 35.5. The molecule has 27 heavy (non-hydrogen) atoms. The largest absolute Gasteiger partial charge is 0.383 e. The molecule has 7 heteroatoms. The molecule has 0 bridgehead atoms. The normalized spacial score (nSPS) is 23.7. The molecule has 3 atom stereocenters. The number of amides is 2. The van der Waals surface area contributed by atoms with Gasteiger partial charge in [0.25, 0.3) is 0 Å². The van der Waals surface area contributed by atoms with Gasteiger partial charge in [-0.15, -0.1) is 0 Å². The van der Waals surface area contributed by atoms with Crippen LogP contribution in [-0.2, 0) is 27.3 Å². The number of carbonyl (C=O) groups is 3. The van der Waals surface area contributed by atoms with Gasteiger partial charge in [-0.25, -0.2) is 0 Å². The lowest BCUT2D eigenvalue weighted by atomic mass is 9.69. The molecular weight excluding hydrogens is 368 g/mol. The van der Waals surface area contributed by atoms with Crippen molar-refractivity contribution >= 4 is 29.7 Å². The Morgan fingerprint density at radius 3 is 2.74 bits per heavy atom. The first-order valence-electron chi connectivity index (χ1n) is 8.82. The Balaban J connectivity index is 1.88. The summed E-state index contributed by atoms with van der Waals surface area (Å²) in [6.07, 6.45) is 1.31. The molecular formula is C20H19ClN2O4. The van der Waals surface area contributed by atoms with Crippen LogP contribution in [-0.4, -0.2) is 36.4 Å². The SMILES string of the molecule is COCCn1c(C=O)cc2c1CC(c1ccccc1Cl)C1C(=O)NC(=O)C21. The number of rotatable bonds is 5. The first-order chi connectivity index (χ1) is 13.1. The average Bonchev–Trinajstić information content (AvgIpc) is 3.16. The average molecular weight is 387 g/mol. The summed E-state index contributed by atoms with van der Waals surface area (Å²) >= 11 is 6.42. The summed E-state index contributed by atoms with van der Waals surface area (Å²) in [5.74, 6) is -1.96. The Kier molecular flexibility index (Phi) is 4.61. The Morgan fingerprint density at radius 2 is 2.04 bits per heavy atom. The summed E-state index contributed by atoms with van der Waals surface area (Å²) in [5.41, 5.74) is 2.98. The number of carbonyl (C=O) groups excluding carboxylic acids is 3. The van der Waals surface area contributed by atoms with Crippen LogP contribution in [0.1, 0.15) is 39.1 Å². The second-order valence-electron chi connectivity index (χ2n) is 6.92. The molecule has 4 rings (SSSR count). The second-order valence-corrected chi connectivity index (χ2v) is 7.33. The molecule has 2 aliphatic rings. The van der Waals surface area contributed by atoms with Crippen LogP contribution in [0.4, 0.5) is 0 Å². The number of benzene rings is 1. The van der Waals surface area contributed by atoms with Gasteiger partial charge in [0.1, 0.15) is 0 Å². The van der Waals surface area contributed by atoms with Crippen LogP contribution in [0.5, 0.6) is 0 Å². The number of halogens is 1. The maximum Gasteiger partial charge on any atom is 0.235 e. The van der Waals surface area contributed by atoms with Crippen LogP contribution >= 0.6 is 11.6 Å². The van der Waals surface area contributed by atoms with Crippen LogP contribution in [0, 0.1) is 5.92 Å². The molecule has 1 N–H and O–H groups in total. The minimum Gasteiger partial charge on any atom is -0.383 e. The number of methoxy groups -OCH3 is 1. The van der Waals surface area contributed by atoms with Gasteiger partial charge in [0.15, 0.2) is 6.29 Å². The number of fused-ring (bicyclic) bond motifs is 3. The van der Waals surface area contributed by atoms with Gasteiger partial charge < -0.3 is 9.30 Å². The van der Waals surface area contributed by atoms with Gasteiger partial charge in [0, 0.05) is 30.3 Å². The summed E-state index contributed by atoms with van der Waals surface area (Å²) in [5, 5.41) is 3.04. The molecule has 1 saturated heterocycles. The lowest BCUT2D eigenvalue weighted by Crippen LogP contribution is -2.32. The molecule has 1 fully saturated rings. The molecule has 1 aromatic carbocycles. The predicted molar refractivity (Wildman–Crippen MR) is 99.0 cm³/mol. The van der Waals surface area contributed by atoms with E-state index >= 15 is 0 Å². The van der Waals surface area contributed by atoms with Crippen molar-refractivity contribution in [2.24, 2.45) is 5.92 Å². The molecule has 140 valence electrons. The lowest BCUT2D eigenvalue weighted by Gasteiger charge is -2.32. The Hall–Kier alpha value is -2.44. The van der Waals surface area contributed by atoms with Crippen LogP contribution in [0.3, 0.4) is 0 Å². The van der Waals surface area contributed by atoms with E-state index in [4.69, 9.17) is 16.3 Å². The number of hydrogen-bond acceptors (Lipinski definition) is 4. The number of ether oxygens (including phenoxy) is 1. The highest BCUT2D eigenvalue weighted by molar-refractivity contribution is 6.31. The topological polar surface area (TPSA) is 77.4 Å². The number of imide groups is 1. The molecule has 2 aromatic rings. The van der Waals surface area contributed by atoms with Crippen LogP contribution in [0.15, 0.2) is 30.3 Å². The van der Waals surface area contributed by atoms with Crippen LogP contribution in [0.2, 0.25) is 5.02 Å². The van der Waals surface area contributed by atoms with Crippen molar-refractivity contribution in [3.63, 3.8) is 0 Å². The summed E-state index contributed by atoms with van der Waals surface area (Å²) in [6, 6.07) is 9.13. The molecule has 0 spiro atoms.